The van der Waals surface area contributed by atoms with Gasteiger partial charge in [-0.3, -0.25) is 0 Å². The predicted molar refractivity (Wildman–Crippen MR) is 74.6 cm³/mol. The van der Waals surface area contributed by atoms with Gasteiger partial charge < -0.3 is 14.6 Å². The molecule has 1 aromatic carbocycles. The third-order valence-electron chi connectivity index (χ3n) is 2.34. The van der Waals surface area contributed by atoms with Crippen LogP contribution in [0, 0.1) is 0 Å². The van der Waals surface area contributed by atoms with Crippen LogP contribution in [0.3, 0.4) is 0 Å². The van der Waals surface area contributed by atoms with Crippen LogP contribution in [-0.2, 0) is 10.1 Å². The summed E-state index contributed by atoms with van der Waals surface area (Å²) in [6, 6.07) is 6.35. The molecule has 2 N–H and O–H groups in total. The molecular weight excluding hydrogens is 266 g/mol. The van der Waals surface area contributed by atoms with Gasteiger partial charge in [0, 0.05) is 12.1 Å². The maximum Gasteiger partial charge on any atom is 0.306 e. The minimum atomic E-state index is -3.51. The first-order valence-electron chi connectivity index (χ1n) is 5.99. The molecule has 0 bridgehead atoms. The monoisotopic (exact) mass is 287 g/mol. The highest BCUT2D eigenvalue weighted by Gasteiger charge is 2.14. The molecule has 0 saturated carbocycles. The molecule has 0 unspecified atom stereocenters. The summed E-state index contributed by atoms with van der Waals surface area (Å²) in [7, 11) is -3.51. The predicted octanol–water partition coefficient (Wildman–Crippen LogP) is 1.45. The second kappa shape index (κ2) is 5.90. The summed E-state index contributed by atoms with van der Waals surface area (Å²) in [6.45, 7) is 6.48. The fraction of sp³-hybridized carbons (Fsp3) is 0.538. The average molecular weight is 287 g/mol. The molecule has 5 nitrogen and oxygen atoms in total. The molecule has 0 aliphatic carbocycles. The minimum absolute atomic E-state index is 0.0691. The summed E-state index contributed by atoms with van der Waals surface area (Å²) < 4.78 is 26.6. The Morgan fingerprint density at radius 1 is 1.26 bits per heavy atom. The van der Waals surface area contributed by atoms with Crippen LogP contribution >= 0.6 is 0 Å². The zero-order chi connectivity index (χ0) is 14.7. The van der Waals surface area contributed by atoms with Crippen LogP contribution in [0.1, 0.15) is 32.4 Å². The van der Waals surface area contributed by atoms with Crippen LogP contribution in [-0.4, -0.2) is 31.9 Å². The smallest absolute Gasteiger partial charge is 0.306 e. The molecule has 108 valence electrons. The first-order chi connectivity index (χ1) is 8.57. The standard InChI is InChI=1S/C13H21NO4S/c1-13(2,3)14-9-12(15)10-5-7-11(8-6-10)18-19(4,16)17/h5-8,12,14-15H,9H2,1-4H3/t12-/m0/s1. The first-order valence-corrected chi connectivity index (χ1v) is 7.81. The summed E-state index contributed by atoms with van der Waals surface area (Å²) in [6.07, 6.45) is 0.342. The maximum atomic E-state index is 11.0. The molecule has 6 heteroatoms. The molecule has 0 fully saturated rings. The lowest BCUT2D eigenvalue weighted by Gasteiger charge is -2.23. The molecular formula is C13H21NO4S. The molecule has 1 aromatic rings. The van der Waals surface area contributed by atoms with E-state index in [1.165, 1.54) is 12.1 Å². The van der Waals surface area contributed by atoms with Gasteiger partial charge in [0.05, 0.1) is 12.4 Å². The van der Waals surface area contributed by atoms with Gasteiger partial charge >= 0.3 is 10.1 Å². The Labute approximate surface area is 114 Å². The SMILES string of the molecule is CC(C)(C)NC[C@H](O)c1ccc(OS(C)(=O)=O)cc1. The molecule has 1 atom stereocenters. The Balaban J connectivity index is 2.65. The number of hydrogen-bond acceptors (Lipinski definition) is 5. The third-order valence-corrected chi connectivity index (χ3v) is 2.83. The topological polar surface area (TPSA) is 75.6 Å². The lowest BCUT2D eigenvalue weighted by Crippen LogP contribution is -2.38. The van der Waals surface area contributed by atoms with E-state index in [2.05, 4.69) is 5.32 Å². The fourth-order valence-electron chi connectivity index (χ4n) is 1.44. The van der Waals surface area contributed by atoms with Crippen molar-refractivity contribution < 1.29 is 17.7 Å². The second-order valence-electron chi connectivity index (χ2n) is 5.50. The van der Waals surface area contributed by atoms with Crippen molar-refractivity contribution in [2.75, 3.05) is 12.8 Å². The Hall–Kier alpha value is -1.11. The molecule has 1 rings (SSSR count). The van der Waals surface area contributed by atoms with Crippen LogP contribution in [0.2, 0.25) is 0 Å². The molecule has 0 aliphatic heterocycles. The van der Waals surface area contributed by atoms with Crippen molar-refractivity contribution in [2.45, 2.75) is 32.4 Å². The van der Waals surface area contributed by atoms with Crippen molar-refractivity contribution in [1.82, 2.24) is 5.32 Å². The van der Waals surface area contributed by atoms with Crippen molar-refractivity contribution >= 4 is 10.1 Å². The Morgan fingerprint density at radius 2 is 1.79 bits per heavy atom. The number of nitrogens with one attached hydrogen (secondary N) is 1. The van der Waals surface area contributed by atoms with Crippen LogP contribution in [0.25, 0.3) is 0 Å². The number of aliphatic hydroxyl groups is 1. The van der Waals surface area contributed by atoms with Gasteiger partial charge in [0.2, 0.25) is 0 Å². The molecule has 0 aromatic heterocycles. The van der Waals surface area contributed by atoms with Gasteiger partial charge in [-0.2, -0.15) is 8.42 Å². The summed E-state index contributed by atoms with van der Waals surface area (Å²) in [5, 5.41) is 13.2. The maximum absolute atomic E-state index is 11.0. The summed E-state index contributed by atoms with van der Waals surface area (Å²) >= 11 is 0. The van der Waals surface area contributed by atoms with E-state index >= 15 is 0 Å². The van der Waals surface area contributed by atoms with E-state index in [1.807, 2.05) is 20.8 Å². The van der Waals surface area contributed by atoms with Gasteiger partial charge in [-0.05, 0) is 38.5 Å². The highest BCUT2D eigenvalue weighted by Crippen LogP contribution is 2.19. The minimum Gasteiger partial charge on any atom is -0.387 e. The van der Waals surface area contributed by atoms with Crippen LogP contribution in [0.15, 0.2) is 24.3 Å². The van der Waals surface area contributed by atoms with Crippen molar-refractivity contribution in [3.05, 3.63) is 29.8 Å². The molecule has 0 radical (unpaired) electrons. The highest BCUT2D eigenvalue weighted by molar-refractivity contribution is 7.86. The number of hydrogen-bond donors (Lipinski definition) is 2. The van der Waals surface area contributed by atoms with Crippen molar-refractivity contribution in [3.63, 3.8) is 0 Å². The van der Waals surface area contributed by atoms with E-state index in [1.54, 1.807) is 12.1 Å². The van der Waals surface area contributed by atoms with Gasteiger partial charge in [-0.25, -0.2) is 0 Å². The van der Waals surface area contributed by atoms with E-state index in [0.29, 0.717) is 12.1 Å². The number of aliphatic hydroxyl groups excluding tert-OH is 1. The summed E-state index contributed by atoms with van der Waals surface area (Å²) in [5.74, 6) is 0.238. The molecule has 0 aliphatic rings. The van der Waals surface area contributed by atoms with Gasteiger partial charge in [0.1, 0.15) is 5.75 Å². The van der Waals surface area contributed by atoms with Crippen LogP contribution in [0.4, 0.5) is 0 Å². The third kappa shape index (κ3) is 6.56. The van der Waals surface area contributed by atoms with Gasteiger partial charge in [-0.15, -0.1) is 0 Å². The zero-order valence-electron chi connectivity index (χ0n) is 11.7. The van der Waals surface area contributed by atoms with E-state index in [4.69, 9.17) is 4.18 Å². The molecule has 0 amide bonds. The average Bonchev–Trinajstić information content (AvgIpc) is 2.23. The van der Waals surface area contributed by atoms with E-state index < -0.39 is 16.2 Å². The van der Waals surface area contributed by atoms with Crippen LogP contribution < -0.4 is 9.50 Å². The van der Waals surface area contributed by atoms with Gasteiger partial charge in [0.15, 0.2) is 0 Å². The number of rotatable bonds is 5. The van der Waals surface area contributed by atoms with E-state index in [-0.39, 0.29) is 11.3 Å². The molecule has 19 heavy (non-hydrogen) atoms. The molecule has 0 saturated heterocycles. The lowest BCUT2D eigenvalue weighted by molar-refractivity contribution is 0.163. The van der Waals surface area contributed by atoms with E-state index in [0.717, 1.165) is 6.26 Å². The van der Waals surface area contributed by atoms with E-state index in [9.17, 15) is 13.5 Å². The Bertz CT molecular complexity index is 502. The van der Waals surface area contributed by atoms with Crippen molar-refractivity contribution in [3.8, 4) is 5.75 Å². The van der Waals surface area contributed by atoms with Crippen LogP contribution in [0.5, 0.6) is 5.75 Å². The van der Waals surface area contributed by atoms with Gasteiger partial charge in [-0.1, -0.05) is 12.1 Å². The Morgan fingerprint density at radius 3 is 2.21 bits per heavy atom. The zero-order valence-corrected chi connectivity index (χ0v) is 12.5. The highest BCUT2D eigenvalue weighted by atomic mass is 32.2. The normalized spacial score (nSPS) is 14.2. The molecule has 0 spiro atoms. The van der Waals surface area contributed by atoms with Crippen molar-refractivity contribution in [1.29, 1.82) is 0 Å². The fourth-order valence-corrected chi connectivity index (χ4v) is 1.90. The largest absolute Gasteiger partial charge is 0.387 e. The lowest BCUT2D eigenvalue weighted by atomic mass is 10.1. The van der Waals surface area contributed by atoms with Gasteiger partial charge in [0.25, 0.3) is 0 Å². The van der Waals surface area contributed by atoms with Crippen molar-refractivity contribution in [2.24, 2.45) is 0 Å². The number of benzene rings is 1. The number of β-amino-alcohol motifs (C(OH)–C–C–N with tert-alkyl or cyclic N) is 1. The summed E-state index contributed by atoms with van der Waals surface area (Å²) in [4.78, 5) is 0. The first kappa shape index (κ1) is 15.9. The quantitative estimate of drug-likeness (QED) is 0.802. The summed E-state index contributed by atoms with van der Waals surface area (Å²) in [5.41, 5.74) is 0.637. The molecule has 0 heterocycles. The Kier molecular flexibility index (Phi) is 4.95. The second-order valence-corrected chi connectivity index (χ2v) is 7.08.